The number of para-hydroxylation sites is 1. The molecule has 3 N–H and O–H groups in total. The maximum atomic E-state index is 6.12. The number of hydrogen-bond donors (Lipinski definition) is 2. The predicted molar refractivity (Wildman–Crippen MR) is 65.4 cm³/mol. The first-order valence-corrected chi connectivity index (χ1v) is 5.57. The highest BCUT2D eigenvalue weighted by molar-refractivity contribution is 6.35. The van der Waals surface area contributed by atoms with Crippen LogP contribution in [0.25, 0.3) is 10.9 Å². The average molecular weight is 223 g/mol. The Labute approximate surface area is 94.4 Å². The van der Waals surface area contributed by atoms with Crippen molar-refractivity contribution < 1.29 is 0 Å². The topological polar surface area (TPSA) is 41.8 Å². The van der Waals surface area contributed by atoms with Crippen molar-refractivity contribution in [3.8, 4) is 0 Å². The Morgan fingerprint density at radius 3 is 2.93 bits per heavy atom. The molecule has 2 aromatic rings. The highest BCUT2D eigenvalue weighted by atomic mass is 35.5. The Kier molecular flexibility index (Phi) is 2.98. The van der Waals surface area contributed by atoms with Crippen LogP contribution in [0.15, 0.2) is 18.2 Å². The summed E-state index contributed by atoms with van der Waals surface area (Å²) in [6.45, 7) is 2.81. The van der Waals surface area contributed by atoms with E-state index >= 15 is 0 Å². The molecule has 1 heterocycles. The van der Waals surface area contributed by atoms with E-state index in [9.17, 15) is 0 Å². The molecule has 3 heteroatoms. The van der Waals surface area contributed by atoms with E-state index in [1.807, 2.05) is 12.1 Å². The van der Waals surface area contributed by atoms with Crippen molar-refractivity contribution in [2.24, 2.45) is 5.73 Å². The van der Waals surface area contributed by atoms with Gasteiger partial charge in [-0.15, -0.1) is 0 Å². The van der Waals surface area contributed by atoms with Gasteiger partial charge >= 0.3 is 0 Å². The van der Waals surface area contributed by atoms with E-state index in [0.29, 0.717) is 0 Å². The molecule has 1 aromatic carbocycles. The predicted octanol–water partition coefficient (Wildman–Crippen LogP) is 3.02. The van der Waals surface area contributed by atoms with Gasteiger partial charge in [0.15, 0.2) is 0 Å². The van der Waals surface area contributed by atoms with Gasteiger partial charge in [-0.1, -0.05) is 23.7 Å². The Hall–Kier alpha value is -0.990. The van der Waals surface area contributed by atoms with E-state index in [-0.39, 0.29) is 0 Å². The molecule has 0 saturated heterocycles. The molecule has 80 valence electrons. The van der Waals surface area contributed by atoms with Crippen LogP contribution in [0.2, 0.25) is 5.02 Å². The molecule has 0 aliphatic carbocycles. The third-order valence-corrected chi connectivity index (χ3v) is 3.05. The molecule has 0 atom stereocenters. The fraction of sp³-hybridized carbons (Fsp3) is 0.333. The van der Waals surface area contributed by atoms with Gasteiger partial charge in [-0.25, -0.2) is 0 Å². The van der Waals surface area contributed by atoms with Crippen LogP contribution in [0, 0.1) is 6.92 Å². The van der Waals surface area contributed by atoms with Gasteiger partial charge in [0, 0.05) is 11.1 Å². The molecular formula is C12H15ClN2. The number of benzene rings is 1. The summed E-state index contributed by atoms with van der Waals surface area (Å²) in [5, 5.41) is 2.02. The van der Waals surface area contributed by atoms with Crippen LogP contribution in [0.5, 0.6) is 0 Å². The molecule has 0 amide bonds. The molecule has 1 aromatic heterocycles. The standard InChI is InChI=1S/C12H15ClN2/c1-8-9(5-3-7-14)10-4-2-6-11(13)12(10)15-8/h2,4,6,15H,3,5,7,14H2,1H3. The van der Waals surface area contributed by atoms with E-state index in [1.54, 1.807) is 0 Å². The van der Waals surface area contributed by atoms with Crippen molar-refractivity contribution in [1.82, 2.24) is 4.98 Å². The summed E-state index contributed by atoms with van der Waals surface area (Å²) >= 11 is 6.12. The van der Waals surface area contributed by atoms with Crippen molar-refractivity contribution in [3.63, 3.8) is 0 Å². The van der Waals surface area contributed by atoms with Gasteiger partial charge in [0.1, 0.15) is 0 Å². The SMILES string of the molecule is Cc1[nH]c2c(Cl)cccc2c1CCCN. The van der Waals surface area contributed by atoms with E-state index in [1.165, 1.54) is 16.6 Å². The van der Waals surface area contributed by atoms with Gasteiger partial charge in [0.2, 0.25) is 0 Å². The van der Waals surface area contributed by atoms with Crippen LogP contribution in [-0.4, -0.2) is 11.5 Å². The lowest BCUT2D eigenvalue weighted by Crippen LogP contribution is -2.00. The number of fused-ring (bicyclic) bond motifs is 1. The Morgan fingerprint density at radius 2 is 2.20 bits per heavy atom. The fourth-order valence-corrected chi connectivity index (χ4v) is 2.19. The Morgan fingerprint density at radius 1 is 1.40 bits per heavy atom. The quantitative estimate of drug-likeness (QED) is 0.824. The second kappa shape index (κ2) is 4.25. The summed E-state index contributed by atoms with van der Waals surface area (Å²) in [4.78, 5) is 3.33. The second-order valence-electron chi connectivity index (χ2n) is 3.78. The molecule has 2 nitrogen and oxygen atoms in total. The zero-order valence-corrected chi connectivity index (χ0v) is 9.56. The number of nitrogens with one attached hydrogen (secondary N) is 1. The molecule has 0 saturated carbocycles. The molecular weight excluding hydrogens is 208 g/mol. The third-order valence-electron chi connectivity index (χ3n) is 2.73. The van der Waals surface area contributed by atoms with Crippen LogP contribution in [0.1, 0.15) is 17.7 Å². The average Bonchev–Trinajstić information content (AvgIpc) is 2.54. The maximum Gasteiger partial charge on any atom is 0.0648 e. The number of aryl methyl sites for hydroxylation is 2. The minimum Gasteiger partial charge on any atom is -0.357 e. The minimum absolute atomic E-state index is 0.729. The lowest BCUT2D eigenvalue weighted by Gasteiger charge is -1.99. The molecule has 2 rings (SSSR count). The largest absolute Gasteiger partial charge is 0.357 e. The van der Waals surface area contributed by atoms with Gasteiger partial charge in [0.05, 0.1) is 10.5 Å². The van der Waals surface area contributed by atoms with Crippen molar-refractivity contribution in [2.45, 2.75) is 19.8 Å². The zero-order chi connectivity index (χ0) is 10.8. The summed E-state index contributed by atoms with van der Waals surface area (Å²) in [5.41, 5.74) is 9.12. The third kappa shape index (κ3) is 1.87. The number of aromatic nitrogens is 1. The van der Waals surface area contributed by atoms with E-state index in [4.69, 9.17) is 17.3 Å². The maximum absolute atomic E-state index is 6.12. The molecule has 0 radical (unpaired) electrons. The zero-order valence-electron chi connectivity index (χ0n) is 8.81. The molecule has 0 aliphatic rings. The first-order valence-electron chi connectivity index (χ1n) is 5.19. The first kappa shape index (κ1) is 10.5. The number of nitrogens with two attached hydrogens (primary N) is 1. The lowest BCUT2D eigenvalue weighted by atomic mass is 10.1. The second-order valence-corrected chi connectivity index (χ2v) is 4.19. The number of halogens is 1. The highest BCUT2D eigenvalue weighted by Gasteiger charge is 2.09. The van der Waals surface area contributed by atoms with E-state index < -0.39 is 0 Å². The van der Waals surface area contributed by atoms with Gasteiger partial charge in [-0.05, 0) is 37.9 Å². The molecule has 0 fully saturated rings. The molecule has 0 unspecified atom stereocenters. The van der Waals surface area contributed by atoms with Crippen LogP contribution in [0.4, 0.5) is 0 Å². The van der Waals surface area contributed by atoms with Crippen molar-refractivity contribution >= 4 is 22.5 Å². The van der Waals surface area contributed by atoms with Gasteiger partial charge in [0.25, 0.3) is 0 Å². The number of hydrogen-bond acceptors (Lipinski definition) is 1. The summed E-state index contributed by atoms with van der Waals surface area (Å²) in [6, 6.07) is 6.01. The summed E-state index contributed by atoms with van der Waals surface area (Å²) < 4.78 is 0. The van der Waals surface area contributed by atoms with Crippen LogP contribution < -0.4 is 5.73 Å². The fourth-order valence-electron chi connectivity index (χ4n) is 1.97. The van der Waals surface area contributed by atoms with Crippen LogP contribution >= 0.6 is 11.6 Å². The van der Waals surface area contributed by atoms with E-state index in [0.717, 1.165) is 29.9 Å². The number of H-pyrrole nitrogens is 1. The van der Waals surface area contributed by atoms with Crippen LogP contribution in [0.3, 0.4) is 0 Å². The lowest BCUT2D eigenvalue weighted by molar-refractivity contribution is 0.831. The molecule has 15 heavy (non-hydrogen) atoms. The van der Waals surface area contributed by atoms with Crippen molar-refractivity contribution in [2.75, 3.05) is 6.54 Å². The first-order chi connectivity index (χ1) is 7.24. The van der Waals surface area contributed by atoms with Crippen molar-refractivity contribution in [1.29, 1.82) is 0 Å². The smallest absolute Gasteiger partial charge is 0.0648 e. The highest BCUT2D eigenvalue weighted by Crippen LogP contribution is 2.28. The number of rotatable bonds is 3. The number of aromatic amines is 1. The molecule has 0 aliphatic heterocycles. The molecule has 0 bridgehead atoms. The minimum atomic E-state index is 0.729. The van der Waals surface area contributed by atoms with Gasteiger partial charge in [-0.3, -0.25) is 0 Å². The Balaban J connectivity index is 2.53. The Bertz CT molecular complexity index is 474. The normalized spacial score (nSPS) is 11.1. The monoisotopic (exact) mass is 222 g/mol. The molecule has 0 spiro atoms. The van der Waals surface area contributed by atoms with E-state index in [2.05, 4.69) is 18.0 Å². The van der Waals surface area contributed by atoms with Crippen molar-refractivity contribution in [3.05, 3.63) is 34.5 Å². The van der Waals surface area contributed by atoms with Gasteiger partial charge < -0.3 is 10.7 Å². The summed E-state index contributed by atoms with van der Waals surface area (Å²) in [7, 11) is 0. The van der Waals surface area contributed by atoms with Crippen LogP contribution in [-0.2, 0) is 6.42 Å². The van der Waals surface area contributed by atoms with Gasteiger partial charge in [-0.2, -0.15) is 0 Å². The summed E-state index contributed by atoms with van der Waals surface area (Å²) in [6.07, 6.45) is 2.03. The summed E-state index contributed by atoms with van der Waals surface area (Å²) in [5.74, 6) is 0.